The third-order valence-electron chi connectivity index (χ3n) is 7.06. The molecule has 3 aromatic rings. The summed E-state index contributed by atoms with van der Waals surface area (Å²) in [6, 6.07) is 21.1. The molecule has 3 rings (SSSR count). The Bertz CT molecular complexity index is 1420. The van der Waals surface area contributed by atoms with Crippen LogP contribution in [0.5, 0.6) is 0 Å². The number of carbonyl (C=O) groups excluding carboxylic acids is 2. The Kier molecular flexibility index (Phi) is 11.1. The fourth-order valence-corrected chi connectivity index (χ4v) is 6.23. The molecule has 0 saturated carbocycles. The van der Waals surface area contributed by atoms with Crippen LogP contribution in [-0.4, -0.2) is 50.8 Å². The first-order chi connectivity index (χ1) is 19.4. The van der Waals surface area contributed by atoms with Gasteiger partial charge in [0.1, 0.15) is 12.6 Å². The minimum absolute atomic E-state index is 0.105. The number of hydrogen-bond donors (Lipinski definition) is 1. The Labute approximate surface area is 245 Å². The second-order valence-electron chi connectivity index (χ2n) is 11.0. The molecule has 41 heavy (non-hydrogen) atoms. The molecule has 0 saturated heterocycles. The average Bonchev–Trinajstić information content (AvgIpc) is 2.93. The molecular formula is C33H43N3O4S. The van der Waals surface area contributed by atoms with Crippen LogP contribution in [0.15, 0.2) is 77.7 Å². The summed E-state index contributed by atoms with van der Waals surface area (Å²) >= 11 is 0. The fraction of sp³-hybridized carbons (Fsp3) is 0.394. The number of nitrogens with one attached hydrogen (secondary N) is 1. The number of amides is 2. The first-order valence-electron chi connectivity index (χ1n) is 14.2. The molecule has 8 heteroatoms. The number of rotatable bonds is 13. The maximum atomic E-state index is 14.1. The minimum Gasteiger partial charge on any atom is -0.354 e. The molecule has 3 aromatic carbocycles. The van der Waals surface area contributed by atoms with E-state index in [0.29, 0.717) is 25.1 Å². The van der Waals surface area contributed by atoms with Gasteiger partial charge in [-0.3, -0.25) is 13.9 Å². The highest BCUT2D eigenvalue weighted by molar-refractivity contribution is 7.92. The van der Waals surface area contributed by atoms with E-state index in [0.717, 1.165) is 22.3 Å². The summed E-state index contributed by atoms with van der Waals surface area (Å²) in [6.45, 7) is 11.9. The van der Waals surface area contributed by atoms with Gasteiger partial charge in [0.15, 0.2) is 0 Å². The fourth-order valence-electron chi connectivity index (χ4n) is 4.75. The third kappa shape index (κ3) is 8.43. The molecule has 2 amide bonds. The van der Waals surface area contributed by atoms with Gasteiger partial charge in [-0.2, -0.15) is 0 Å². The van der Waals surface area contributed by atoms with Gasteiger partial charge < -0.3 is 10.2 Å². The normalized spacial score (nSPS) is 12.2. The Balaban J connectivity index is 2.03. The molecule has 1 N–H and O–H groups in total. The first kappa shape index (κ1) is 31.9. The van der Waals surface area contributed by atoms with Crippen LogP contribution in [0.2, 0.25) is 0 Å². The van der Waals surface area contributed by atoms with E-state index in [1.165, 1.54) is 4.31 Å². The lowest BCUT2D eigenvalue weighted by atomic mass is 10.1. The van der Waals surface area contributed by atoms with E-state index in [-0.39, 0.29) is 23.3 Å². The number of carbonyl (C=O) groups is 2. The predicted molar refractivity (Wildman–Crippen MR) is 165 cm³/mol. The number of sulfonamides is 1. The standard InChI is InChI=1S/C33H43N3O4S/c1-7-30(33(38)34-22-24(2)3)35(20-19-28-11-9-8-10-12-28)32(37)23-36(31-18-15-26(5)21-27(31)6)41(39,40)29-16-13-25(4)14-17-29/h8-18,21,24,30H,7,19-20,22-23H2,1-6H3,(H,34,38). The Morgan fingerprint density at radius 1 is 0.878 bits per heavy atom. The lowest BCUT2D eigenvalue weighted by Crippen LogP contribution is -2.53. The highest BCUT2D eigenvalue weighted by Gasteiger charge is 2.34. The summed E-state index contributed by atoms with van der Waals surface area (Å²) in [6.07, 6.45) is 0.938. The van der Waals surface area contributed by atoms with Crippen molar-refractivity contribution in [2.45, 2.75) is 65.3 Å². The molecule has 0 radical (unpaired) electrons. The maximum Gasteiger partial charge on any atom is 0.264 e. The molecule has 0 aliphatic carbocycles. The lowest BCUT2D eigenvalue weighted by molar-refractivity contribution is -0.139. The Morgan fingerprint density at radius 3 is 2.10 bits per heavy atom. The molecule has 0 heterocycles. The molecule has 0 spiro atoms. The molecule has 0 aromatic heterocycles. The van der Waals surface area contributed by atoms with Crippen molar-refractivity contribution in [2.24, 2.45) is 5.92 Å². The van der Waals surface area contributed by atoms with Gasteiger partial charge in [-0.1, -0.05) is 86.5 Å². The van der Waals surface area contributed by atoms with Crippen LogP contribution in [0.3, 0.4) is 0 Å². The van der Waals surface area contributed by atoms with Crippen LogP contribution in [-0.2, 0) is 26.0 Å². The van der Waals surface area contributed by atoms with Crippen molar-refractivity contribution in [3.05, 3.63) is 95.1 Å². The van der Waals surface area contributed by atoms with E-state index in [1.54, 1.807) is 35.2 Å². The zero-order valence-corrected chi connectivity index (χ0v) is 25.9. The monoisotopic (exact) mass is 577 g/mol. The lowest BCUT2D eigenvalue weighted by Gasteiger charge is -2.33. The van der Waals surface area contributed by atoms with Gasteiger partial charge >= 0.3 is 0 Å². The van der Waals surface area contributed by atoms with Gasteiger partial charge in [0, 0.05) is 13.1 Å². The summed E-state index contributed by atoms with van der Waals surface area (Å²) in [7, 11) is -4.09. The van der Waals surface area contributed by atoms with Crippen molar-refractivity contribution in [3.63, 3.8) is 0 Å². The SMILES string of the molecule is CCC(C(=O)NCC(C)C)N(CCc1ccccc1)C(=O)CN(c1ccc(C)cc1C)S(=O)(=O)c1ccc(C)cc1. The molecule has 7 nitrogen and oxygen atoms in total. The smallest absolute Gasteiger partial charge is 0.264 e. The summed E-state index contributed by atoms with van der Waals surface area (Å²) in [5, 5.41) is 2.96. The summed E-state index contributed by atoms with van der Waals surface area (Å²) < 4.78 is 29.3. The largest absolute Gasteiger partial charge is 0.354 e. The number of hydrogen-bond acceptors (Lipinski definition) is 4. The number of nitrogens with zero attached hydrogens (tertiary/aromatic N) is 2. The minimum atomic E-state index is -4.09. The number of benzene rings is 3. The zero-order chi connectivity index (χ0) is 30.2. The topological polar surface area (TPSA) is 86.8 Å². The molecule has 1 unspecified atom stereocenters. The first-order valence-corrected chi connectivity index (χ1v) is 15.7. The van der Waals surface area contributed by atoms with Crippen molar-refractivity contribution >= 4 is 27.5 Å². The predicted octanol–water partition coefficient (Wildman–Crippen LogP) is 5.43. The third-order valence-corrected chi connectivity index (χ3v) is 8.84. The van der Waals surface area contributed by atoms with E-state index in [2.05, 4.69) is 5.32 Å². The quantitative estimate of drug-likeness (QED) is 0.294. The molecular weight excluding hydrogens is 534 g/mol. The second kappa shape index (κ2) is 14.3. The van der Waals surface area contributed by atoms with Crippen molar-refractivity contribution in [1.82, 2.24) is 10.2 Å². The molecule has 1 atom stereocenters. The average molecular weight is 578 g/mol. The van der Waals surface area contributed by atoms with Gasteiger partial charge in [-0.15, -0.1) is 0 Å². The molecule has 0 fully saturated rings. The van der Waals surface area contributed by atoms with Gasteiger partial charge in [0.05, 0.1) is 10.6 Å². The van der Waals surface area contributed by atoms with Crippen LogP contribution in [0.25, 0.3) is 0 Å². The summed E-state index contributed by atoms with van der Waals surface area (Å²) in [5.74, 6) is -0.408. The molecule has 0 aliphatic rings. The summed E-state index contributed by atoms with van der Waals surface area (Å²) in [5.41, 5.74) is 4.13. The van der Waals surface area contributed by atoms with Crippen LogP contribution in [0.1, 0.15) is 49.4 Å². The highest BCUT2D eigenvalue weighted by Crippen LogP contribution is 2.28. The molecule has 0 bridgehead atoms. The van der Waals surface area contributed by atoms with E-state index in [1.807, 2.05) is 84.0 Å². The van der Waals surface area contributed by atoms with Gasteiger partial charge in [-0.25, -0.2) is 8.42 Å². The van der Waals surface area contributed by atoms with Crippen LogP contribution < -0.4 is 9.62 Å². The van der Waals surface area contributed by atoms with Crippen molar-refractivity contribution in [1.29, 1.82) is 0 Å². The zero-order valence-electron chi connectivity index (χ0n) is 25.1. The van der Waals surface area contributed by atoms with Crippen molar-refractivity contribution in [2.75, 3.05) is 23.9 Å². The van der Waals surface area contributed by atoms with E-state index < -0.39 is 28.5 Å². The summed E-state index contributed by atoms with van der Waals surface area (Å²) in [4.78, 5) is 29.1. The van der Waals surface area contributed by atoms with Crippen LogP contribution >= 0.6 is 0 Å². The Hall–Kier alpha value is -3.65. The van der Waals surface area contributed by atoms with E-state index in [9.17, 15) is 18.0 Å². The van der Waals surface area contributed by atoms with Gasteiger partial charge in [0.25, 0.3) is 10.0 Å². The van der Waals surface area contributed by atoms with Crippen LogP contribution in [0.4, 0.5) is 5.69 Å². The number of aryl methyl sites for hydroxylation is 3. The van der Waals surface area contributed by atoms with Gasteiger partial charge in [-0.05, 0) is 68.9 Å². The van der Waals surface area contributed by atoms with Crippen molar-refractivity contribution < 1.29 is 18.0 Å². The van der Waals surface area contributed by atoms with Crippen LogP contribution in [0, 0.1) is 26.7 Å². The van der Waals surface area contributed by atoms with Crippen molar-refractivity contribution in [3.8, 4) is 0 Å². The number of anilines is 1. The molecule has 220 valence electrons. The second-order valence-corrected chi connectivity index (χ2v) is 12.9. The maximum absolute atomic E-state index is 14.1. The van der Waals surface area contributed by atoms with E-state index >= 15 is 0 Å². The van der Waals surface area contributed by atoms with E-state index in [4.69, 9.17) is 0 Å². The Morgan fingerprint density at radius 2 is 1.51 bits per heavy atom. The highest BCUT2D eigenvalue weighted by atomic mass is 32.2. The van der Waals surface area contributed by atoms with Gasteiger partial charge in [0.2, 0.25) is 11.8 Å². The molecule has 0 aliphatic heterocycles.